The molecule has 0 aromatic heterocycles. The minimum atomic E-state index is -1.19. The minimum absolute atomic E-state index is 0.0930. The van der Waals surface area contributed by atoms with Gasteiger partial charge in [-0.1, -0.05) is 0 Å². The average Bonchev–Trinajstić information content (AvgIpc) is 2.42. The van der Waals surface area contributed by atoms with E-state index < -0.39 is 23.7 Å². The molecule has 6 nitrogen and oxygen atoms in total. The van der Waals surface area contributed by atoms with Crippen molar-refractivity contribution in [2.24, 2.45) is 0 Å². The van der Waals surface area contributed by atoms with Crippen LogP contribution >= 0.6 is 0 Å². The zero-order chi connectivity index (χ0) is 13.8. The lowest BCUT2D eigenvalue weighted by molar-refractivity contribution is -0.120. The van der Waals surface area contributed by atoms with Gasteiger partial charge >= 0.3 is 5.97 Å². The number of aromatic carboxylic acids is 1. The summed E-state index contributed by atoms with van der Waals surface area (Å²) in [6.07, 6.45) is 0. The molecule has 1 unspecified atom stereocenters. The Kier molecular flexibility index (Phi) is 4.08. The minimum Gasteiger partial charge on any atom is -0.478 e. The molecule has 19 heavy (non-hydrogen) atoms. The third-order valence-electron chi connectivity index (χ3n) is 2.71. The number of amides is 1. The molecule has 0 spiro atoms. The number of carboxylic acid groups (broad SMARTS) is 1. The second-order valence-electron chi connectivity index (χ2n) is 4.07. The van der Waals surface area contributed by atoms with Crippen LogP contribution in [0.1, 0.15) is 10.4 Å². The average molecular weight is 268 g/mol. The van der Waals surface area contributed by atoms with Crippen LogP contribution in [0, 0.1) is 5.82 Å². The van der Waals surface area contributed by atoms with E-state index in [2.05, 4.69) is 10.6 Å². The monoisotopic (exact) mass is 268 g/mol. The summed E-state index contributed by atoms with van der Waals surface area (Å²) in [5.41, 5.74) is -0.248. The summed E-state index contributed by atoms with van der Waals surface area (Å²) in [5.74, 6) is -2.33. The Bertz CT molecular complexity index is 501. The van der Waals surface area contributed by atoms with Crippen molar-refractivity contribution in [3.63, 3.8) is 0 Å². The Hall–Kier alpha value is -1.99. The highest BCUT2D eigenvalue weighted by Gasteiger charge is 2.22. The van der Waals surface area contributed by atoms with Crippen LogP contribution in [0.25, 0.3) is 0 Å². The van der Waals surface area contributed by atoms with Gasteiger partial charge in [-0.05, 0) is 18.2 Å². The molecule has 1 aromatic rings. The molecule has 7 heteroatoms. The predicted octanol–water partition coefficient (Wildman–Crippen LogP) is 0.451. The van der Waals surface area contributed by atoms with Gasteiger partial charge in [-0.25, -0.2) is 9.18 Å². The zero-order valence-electron chi connectivity index (χ0n) is 9.98. The number of carbonyl (C=O) groups is 2. The smallest absolute Gasteiger partial charge is 0.335 e. The fourth-order valence-electron chi connectivity index (χ4n) is 1.71. The maximum absolute atomic E-state index is 13.5. The first-order valence-corrected chi connectivity index (χ1v) is 5.73. The van der Waals surface area contributed by atoms with Gasteiger partial charge in [0.2, 0.25) is 5.91 Å². The number of carbonyl (C=O) groups excluding carboxylic acids is 1. The molecule has 0 radical (unpaired) electrons. The van der Waals surface area contributed by atoms with Gasteiger partial charge in [-0.3, -0.25) is 4.79 Å². The van der Waals surface area contributed by atoms with Gasteiger partial charge in [0.05, 0.1) is 24.5 Å². The third-order valence-corrected chi connectivity index (χ3v) is 2.71. The zero-order valence-corrected chi connectivity index (χ0v) is 9.98. The maximum Gasteiger partial charge on any atom is 0.335 e. The van der Waals surface area contributed by atoms with Gasteiger partial charge in [0.1, 0.15) is 11.9 Å². The number of halogens is 1. The van der Waals surface area contributed by atoms with E-state index >= 15 is 0 Å². The summed E-state index contributed by atoms with van der Waals surface area (Å²) in [6.45, 7) is 1.26. The van der Waals surface area contributed by atoms with Gasteiger partial charge in [-0.2, -0.15) is 0 Å². The van der Waals surface area contributed by atoms with E-state index in [1.54, 1.807) is 0 Å². The largest absolute Gasteiger partial charge is 0.478 e. The lowest BCUT2D eigenvalue weighted by Gasteiger charge is -2.23. The molecule has 1 aliphatic rings. The van der Waals surface area contributed by atoms with Gasteiger partial charge in [0.15, 0.2) is 0 Å². The number of hydrogen-bond donors (Lipinski definition) is 3. The van der Waals surface area contributed by atoms with E-state index in [1.165, 1.54) is 0 Å². The Morgan fingerprint density at radius 1 is 1.47 bits per heavy atom. The van der Waals surface area contributed by atoms with E-state index in [9.17, 15) is 14.0 Å². The number of morpholine rings is 1. The van der Waals surface area contributed by atoms with E-state index in [4.69, 9.17) is 9.84 Å². The number of carboxylic acids is 1. The van der Waals surface area contributed by atoms with E-state index in [0.29, 0.717) is 13.2 Å². The van der Waals surface area contributed by atoms with Gasteiger partial charge in [-0.15, -0.1) is 0 Å². The number of benzene rings is 1. The van der Waals surface area contributed by atoms with Gasteiger partial charge < -0.3 is 20.5 Å². The van der Waals surface area contributed by atoms with Crippen LogP contribution < -0.4 is 10.6 Å². The van der Waals surface area contributed by atoms with Crippen molar-refractivity contribution in [2.45, 2.75) is 6.04 Å². The molecule has 102 valence electrons. The predicted molar refractivity (Wildman–Crippen MR) is 64.6 cm³/mol. The molecule has 1 atom stereocenters. The Balaban J connectivity index is 2.11. The molecule has 1 heterocycles. The topological polar surface area (TPSA) is 87.7 Å². The molecule has 1 aromatic carbocycles. The molecule has 1 saturated heterocycles. The Morgan fingerprint density at radius 3 is 2.89 bits per heavy atom. The quantitative estimate of drug-likeness (QED) is 0.741. The van der Waals surface area contributed by atoms with Crippen LogP contribution in [-0.4, -0.2) is 42.8 Å². The van der Waals surface area contributed by atoms with Crippen molar-refractivity contribution in [3.8, 4) is 0 Å². The SMILES string of the molecule is O=C(O)c1ccc(F)c(NC(=O)C2COCCN2)c1. The Labute approximate surface area is 108 Å². The van der Waals surface area contributed by atoms with Crippen LogP contribution in [0.15, 0.2) is 18.2 Å². The van der Waals surface area contributed by atoms with Crippen LogP contribution in [-0.2, 0) is 9.53 Å². The normalized spacial score (nSPS) is 18.9. The molecule has 0 bridgehead atoms. The number of hydrogen-bond acceptors (Lipinski definition) is 4. The molecular weight excluding hydrogens is 255 g/mol. The van der Waals surface area contributed by atoms with Crippen molar-refractivity contribution in [2.75, 3.05) is 25.1 Å². The first-order valence-electron chi connectivity index (χ1n) is 5.73. The van der Waals surface area contributed by atoms with Crippen molar-refractivity contribution >= 4 is 17.6 Å². The molecular formula is C12H13FN2O4. The summed E-state index contributed by atoms with van der Waals surface area (Å²) in [4.78, 5) is 22.6. The number of nitrogens with one attached hydrogen (secondary N) is 2. The van der Waals surface area contributed by atoms with Crippen LogP contribution in [0.5, 0.6) is 0 Å². The first-order chi connectivity index (χ1) is 9.08. The molecule has 1 amide bonds. The highest BCUT2D eigenvalue weighted by Crippen LogP contribution is 2.16. The van der Waals surface area contributed by atoms with E-state index in [-0.39, 0.29) is 17.9 Å². The molecule has 0 aliphatic carbocycles. The second-order valence-corrected chi connectivity index (χ2v) is 4.07. The lowest BCUT2D eigenvalue weighted by atomic mass is 10.2. The summed E-state index contributed by atoms with van der Waals surface area (Å²) < 4.78 is 18.6. The van der Waals surface area contributed by atoms with E-state index in [1.807, 2.05) is 0 Å². The summed E-state index contributed by atoms with van der Waals surface area (Å²) in [6, 6.07) is 2.65. The molecule has 0 saturated carbocycles. The standard InChI is InChI=1S/C12H13FN2O4/c13-8-2-1-7(12(17)18)5-9(8)15-11(16)10-6-19-4-3-14-10/h1-2,5,10,14H,3-4,6H2,(H,15,16)(H,17,18). The third kappa shape index (κ3) is 3.27. The van der Waals surface area contributed by atoms with Crippen molar-refractivity contribution < 1.29 is 23.8 Å². The highest BCUT2D eigenvalue weighted by atomic mass is 19.1. The van der Waals surface area contributed by atoms with Crippen molar-refractivity contribution in [3.05, 3.63) is 29.6 Å². The summed E-state index contributed by atoms with van der Waals surface area (Å²) in [5, 5.41) is 14.1. The lowest BCUT2D eigenvalue weighted by Crippen LogP contribution is -2.48. The first kappa shape index (κ1) is 13.4. The summed E-state index contributed by atoms with van der Waals surface area (Å²) >= 11 is 0. The number of anilines is 1. The van der Waals surface area contributed by atoms with E-state index in [0.717, 1.165) is 18.2 Å². The van der Waals surface area contributed by atoms with Crippen molar-refractivity contribution in [1.82, 2.24) is 5.32 Å². The van der Waals surface area contributed by atoms with Crippen LogP contribution in [0.4, 0.5) is 10.1 Å². The molecule has 3 N–H and O–H groups in total. The highest BCUT2D eigenvalue weighted by molar-refractivity contribution is 5.96. The van der Waals surface area contributed by atoms with Crippen LogP contribution in [0.3, 0.4) is 0 Å². The van der Waals surface area contributed by atoms with Crippen molar-refractivity contribution in [1.29, 1.82) is 0 Å². The second kappa shape index (κ2) is 5.77. The van der Waals surface area contributed by atoms with Gasteiger partial charge in [0, 0.05) is 6.54 Å². The maximum atomic E-state index is 13.5. The number of rotatable bonds is 3. The van der Waals surface area contributed by atoms with Gasteiger partial charge in [0.25, 0.3) is 0 Å². The Morgan fingerprint density at radius 2 is 2.26 bits per heavy atom. The summed E-state index contributed by atoms with van der Waals surface area (Å²) in [7, 11) is 0. The molecule has 2 rings (SSSR count). The molecule has 1 aliphatic heterocycles. The number of ether oxygens (including phenoxy) is 1. The fraction of sp³-hybridized carbons (Fsp3) is 0.333. The van der Waals surface area contributed by atoms with Crippen LogP contribution in [0.2, 0.25) is 0 Å². The molecule has 1 fully saturated rings. The fourth-order valence-corrected chi connectivity index (χ4v) is 1.71.